The van der Waals surface area contributed by atoms with Crippen molar-refractivity contribution in [1.82, 2.24) is 15.1 Å². The van der Waals surface area contributed by atoms with Gasteiger partial charge in [-0.2, -0.15) is 0 Å². The number of fused-ring (bicyclic) bond motifs is 1. The Hall–Kier alpha value is -3.53. The van der Waals surface area contributed by atoms with Crippen molar-refractivity contribution in [2.24, 2.45) is 0 Å². The summed E-state index contributed by atoms with van der Waals surface area (Å²) in [5.41, 5.74) is 3.88. The van der Waals surface area contributed by atoms with Gasteiger partial charge >= 0.3 is 0 Å². The first-order chi connectivity index (χ1) is 13.2. The van der Waals surface area contributed by atoms with E-state index in [1.165, 1.54) is 0 Å². The summed E-state index contributed by atoms with van der Waals surface area (Å²) in [5.74, 6) is -0.0659. The van der Waals surface area contributed by atoms with Crippen LogP contribution in [0.25, 0.3) is 22.2 Å². The molecule has 132 valence electrons. The molecule has 4 aromatic rings. The van der Waals surface area contributed by atoms with Gasteiger partial charge in [0.1, 0.15) is 5.69 Å². The Balaban J connectivity index is 1.82. The second-order valence-electron chi connectivity index (χ2n) is 6.45. The van der Waals surface area contributed by atoms with Crippen LogP contribution in [0, 0.1) is 0 Å². The summed E-state index contributed by atoms with van der Waals surface area (Å²) in [6.07, 6.45) is 0. The lowest BCUT2D eigenvalue weighted by atomic mass is 10.0. The van der Waals surface area contributed by atoms with Gasteiger partial charge in [-0.1, -0.05) is 78.9 Å². The minimum absolute atomic E-state index is 0.0659. The van der Waals surface area contributed by atoms with Crippen LogP contribution < -0.4 is 0 Å². The average Bonchev–Trinajstić information content (AvgIpc) is 2.73. The third-order valence-corrected chi connectivity index (χ3v) is 4.54. The van der Waals surface area contributed by atoms with Crippen molar-refractivity contribution in [3.8, 4) is 11.3 Å². The first-order valence-electron chi connectivity index (χ1n) is 8.84. The van der Waals surface area contributed by atoms with Crippen LogP contribution in [-0.4, -0.2) is 28.1 Å². The molecule has 0 N–H and O–H groups in total. The number of hydrogen-bond donors (Lipinski definition) is 0. The van der Waals surface area contributed by atoms with Crippen LogP contribution in [0.5, 0.6) is 0 Å². The first kappa shape index (κ1) is 16.9. The van der Waals surface area contributed by atoms with Gasteiger partial charge in [0, 0.05) is 24.5 Å². The van der Waals surface area contributed by atoms with Crippen molar-refractivity contribution >= 4 is 16.8 Å². The van der Waals surface area contributed by atoms with Crippen molar-refractivity contribution in [2.75, 3.05) is 7.05 Å². The Kier molecular flexibility index (Phi) is 4.62. The van der Waals surface area contributed by atoms with Crippen LogP contribution in [0.4, 0.5) is 0 Å². The molecule has 27 heavy (non-hydrogen) atoms. The quantitative estimate of drug-likeness (QED) is 0.540. The summed E-state index contributed by atoms with van der Waals surface area (Å²) in [5, 5.41) is 9.53. The van der Waals surface area contributed by atoms with Crippen LogP contribution in [0.2, 0.25) is 0 Å². The molecular weight excluding hydrogens is 334 g/mol. The number of benzene rings is 3. The SMILES string of the molecule is CN(Cc1ccccc1)C(=O)c1c(-c2ccccc2)nnc2ccccc12. The fourth-order valence-corrected chi connectivity index (χ4v) is 3.19. The summed E-state index contributed by atoms with van der Waals surface area (Å²) in [7, 11) is 1.82. The molecule has 0 atom stereocenters. The number of rotatable bonds is 4. The summed E-state index contributed by atoms with van der Waals surface area (Å²) >= 11 is 0. The van der Waals surface area contributed by atoms with E-state index in [1.54, 1.807) is 4.90 Å². The molecule has 4 rings (SSSR count). The van der Waals surface area contributed by atoms with Crippen LogP contribution in [0.1, 0.15) is 15.9 Å². The zero-order valence-electron chi connectivity index (χ0n) is 15.0. The Morgan fingerprint density at radius 1 is 0.815 bits per heavy atom. The average molecular weight is 353 g/mol. The molecule has 3 aromatic carbocycles. The maximum Gasteiger partial charge on any atom is 0.256 e. The minimum Gasteiger partial charge on any atom is -0.337 e. The number of amides is 1. The zero-order valence-corrected chi connectivity index (χ0v) is 15.0. The highest BCUT2D eigenvalue weighted by Crippen LogP contribution is 2.28. The molecular formula is C23H19N3O. The molecule has 0 unspecified atom stereocenters. The van der Waals surface area contributed by atoms with E-state index < -0.39 is 0 Å². The second kappa shape index (κ2) is 7.38. The van der Waals surface area contributed by atoms with Crippen LogP contribution in [0.15, 0.2) is 84.9 Å². The van der Waals surface area contributed by atoms with E-state index >= 15 is 0 Å². The van der Waals surface area contributed by atoms with Gasteiger partial charge in [0.05, 0.1) is 11.1 Å². The minimum atomic E-state index is -0.0659. The number of nitrogens with zero attached hydrogens (tertiary/aromatic N) is 3. The highest BCUT2D eigenvalue weighted by molar-refractivity contribution is 6.10. The van der Waals surface area contributed by atoms with Crippen molar-refractivity contribution < 1.29 is 4.79 Å². The zero-order chi connectivity index (χ0) is 18.6. The maximum atomic E-state index is 13.4. The maximum absolute atomic E-state index is 13.4. The standard InChI is InChI=1S/C23H19N3O/c1-26(16-17-10-4-2-5-11-17)23(27)21-19-14-8-9-15-20(19)24-25-22(21)18-12-6-3-7-13-18/h2-15H,16H2,1H3. The summed E-state index contributed by atoms with van der Waals surface area (Å²) in [6.45, 7) is 0.532. The van der Waals surface area contributed by atoms with E-state index in [0.29, 0.717) is 23.3 Å². The molecule has 4 nitrogen and oxygen atoms in total. The second-order valence-corrected chi connectivity index (χ2v) is 6.45. The van der Waals surface area contributed by atoms with Gasteiger partial charge in [-0.3, -0.25) is 4.79 Å². The summed E-state index contributed by atoms with van der Waals surface area (Å²) < 4.78 is 0. The molecule has 0 aliphatic carbocycles. The molecule has 0 aliphatic rings. The molecule has 0 spiro atoms. The fourth-order valence-electron chi connectivity index (χ4n) is 3.19. The van der Waals surface area contributed by atoms with Gasteiger partial charge in [0.2, 0.25) is 0 Å². The Morgan fingerprint density at radius 2 is 1.44 bits per heavy atom. The van der Waals surface area contributed by atoms with Crippen molar-refractivity contribution in [2.45, 2.75) is 6.54 Å². The van der Waals surface area contributed by atoms with Crippen molar-refractivity contribution in [1.29, 1.82) is 0 Å². The number of aromatic nitrogens is 2. The van der Waals surface area contributed by atoms with Crippen molar-refractivity contribution in [3.05, 3.63) is 96.1 Å². The molecule has 0 saturated carbocycles. The normalized spacial score (nSPS) is 10.7. The van der Waals surface area contributed by atoms with E-state index in [9.17, 15) is 4.79 Å². The van der Waals surface area contributed by atoms with Gasteiger partial charge in [-0.25, -0.2) is 0 Å². The van der Waals surface area contributed by atoms with Gasteiger partial charge in [0.25, 0.3) is 5.91 Å². The topological polar surface area (TPSA) is 46.1 Å². The highest BCUT2D eigenvalue weighted by atomic mass is 16.2. The molecule has 1 amide bonds. The van der Waals surface area contributed by atoms with E-state index in [2.05, 4.69) is 10.2 Å². The predicted octanol–water partition coefficient (Wildman–Crippen LogP) is 4.57. The van der Waals surface area contributed by atoms with E-state index in [-0.39, 0.29) is 5.91 Å². The van der Waals surface area contributed by atoms with Gasteiger partial charge < -0.3 is 4.90 Å². The number of carbonyl (C=O) groups excluding carboxylic acids is 1. The molecule has 0 bridgehead atoms. The molecule has 0 saturated heterocycles. The molecule has 1 aromatic heterocycles. The number of hydrogen-bond acceptors (Lipinski definition) is 3. The Bertz CT molecular complexity index is 1080. The smallest absolute Gasteiger partial charge is 0.256 e. The summed E-state index contributed by atoms with van der Waals surface area (Å²) in [6, 6.07) is 27.3. The molecule has 0 aliphatic heterocycles. The number of carbonyl (C=O) groups is 1. The molecule has 0 fully saturated rings. The third kappa shape index (κ3) is 3.42. The lowest BCUT2D eigenvalue weighted by Gasteiger charge is -2.20. The van der Waals surface area contributed by atoms with Crippen LogP contribution in [-0.2, 0) is 6.54 Å². The first-order valence-corrected chi connectivity index (χ1v) is 8.84. The fraction of sp³-hybridized carbons (Fsp3) is 0.0870. The predicted molar refractivity (Wildman–Crippen MR) is 107 cm³/mol. The molecule has 4 heteroatoms. The molecule has 0 radical (unpaired) electrons. The van der Waals surface area contributed by atoms with Gasteiger partial charge in [-0.15, -0.1) is 10.2 Å². The van der Waals surface area contributed by atoms with E-state index in [0.717, 1.165) is 16.5 Å². The van der Waals surface area contributed by atoms with E-state index in [1.807, 2.05) is 92.0 Å². The summed E-state index contributed by atoms with van der Waals surface area (Å²) in [4.78, 5) is 15.1. The van der Waals surface area contributed by atoms with Gasteiger partial charge in [0.15, 0.2) is 0 Å². The van der Waals surface area contributed by atoms with E-state index in [4.69, 9.17) is 0 Å². The monoisotopic (exact) mass is 353 g/mol. The third-order valence-electron chi connectivity index (χ3n) is 4.54. The van der Waals surface area contributed by atoms with Crippen molar-refractivity contribution in [3.63, 3.8) is 0 Å². The Morgan fingerprint density at radius 3 is 2.19 bits per heavy atom. The highest BCUT2D eigenvalue weighted by Gasteiger charge is 2.22. The lowest BCUT2D eigenvalue weighted by Crippen LogP contribution is -2.27. The molecule has 1 heterocycles. The van der Waals surface area contributed by atoms with Crippen LogP contribution in [0.3, 0.4) is 0 Å². The van der Waals surface area contributed by atoms with Gasteiger partial charge in [-0.05, 0) is 11.6 Å². The van der Waals surface area contributed by atoms with Crippen LogP contribution >= 0.6 is 0 Å². The lowest BCUT2D eigenvalue weighted by molar-refractivity contribution is 0.0787. The largest absolute Gasteiger partial charge is 0.337 e. The Labute approximate surface area is 158 Å².